The van der Waals surface area contributed by atoms with Crippen LogP contribution in [0.1, 0.15) is 35.7 Å². The van der Waals surface area contributed by atoms with Gasteiger partial charge in [-0.3, -0.25) is 15.4 Å². The number of halogens is 3. The first-order chi connectivity index (χ1) is 16.5. The minimum absolute atomic E-state index is 0.0321. The summed E-state index contributed by atoms with van der Waals surface area (Å²) in [6, 6.07) is 10.2. The average molecular weight is 492 g/mol. The summed E-state index contributed by atoms with van der Waals surface area (Å²) in [4.78, 5) is 25.4. The number of carbonyl (C=O) groups excluding carboxylic acids is 2. The second kappa shape index (κ2) is 12.1. The molecule has 2 atom stereocenters. The third kappa shape index (κ3) is 7.66. The first-order valence-electron chi connectivity index (χ1n) is 10.6. The molecule has 0 bridgehead atoms. The average Bonchev–Trinajstić information content (AvgIpc) is 2.77. The van der Waals surface area contributed by atoms with Gasteiger partial charge in [-0.25, -0.2) is 5.01 Å². The van der Waals surface area contributed by atoms with E-state index in [9.17, 15) is 22.8 Å². The fourth-order valence-electron chi connectivity index (χ4n) is 3.69. The van der Waals surface area contributed by atoms with Crippen molar-refractivity contribution in [2.45, 2.75) is 32.2 Å². The van der Waals surface area contributed by atoms with Crippen LogP contribution < -0.4 is 21.6 Å². The highest BCUT2D eigenvalue weighted by Gasteiger charge is 2.37. The van der Waals surface area contributed by atoms with E-state index < -0.39 is 30.0 Å². The van der Waals surface area contributed by atoms with Crippen molar-refractivity contribution in [1.29, 1.82) is 5.41 Å². The molecule has 0 saturated carbocycles. The molecule has 0 saturated heterocycles. The number of alkyl halides is 3. The maximum atomic E-state index is 13.6. The molecule has 1 amide bonds. The van der Waals surface area contributed by atoms with Crippen LogP contribution in [0.25, 0.3) is 0 Å². The maximum absolute atomic E-state index is 13.6. The maximum Gasteiger partial charge on any atom is 0.573 e. The summed E-state index contributed by atoms with van der Waals surface area (Å²) in [7, 11) is 0. The van der Waals surface area contributed by atoms with Crippen molar-refractivity contribution in [3.63, 3.8) is 0 Å². The van der Waals surface area contributed by atoms with Crippen molar-refractivity contribution >= 4 is 24.1 Å². The number of anilines is 1. The second-order valence-corrected chi connectivity index (χ2v) is 8.14. The van der Waals surface area contributed by atoms with E-state index in [0.29, 0.717) is 18.4 Å². The molecular formula is C24H28F3N5O3. The third-order valence-corrected chi connectivity index (χ3v) is 5.03. The van der Waals surface area contributed by atoms with Crippen molar-refractivity contribution in [3.05, 3.63) is 71.4 Å². The number of hydrazine groups is 1. The van der Waals surface area contributed by atoms with Crippen LogP contribution in [0, 0.1) is 11.3 Å². The molecule has 0 fully saturated rings. The molecule has 0 unspecified atom stereocenters. The number of hydrogen-bond donors (Lipinski definition) is 4. The molecule has 2 aromatic carbocycles. The smallest absolute Gasteiger partial charge is 0.406 e. The summed E-state index contributed by atoms with van der Waals surface area (Å²) in [6.07, 6.45) is -2.20. The van der Waals surface area contributed by atoms with Gasteiger partial charge in [0.2, 0.25) is 5.91 Å². The van der Waals surface area contributed by atoms with Crippen LogP contribution >= 0.6 is 0 Å². The molecule has 0 aliphatic heterocycles. The first-order valence-corrected chi connectivity index (χ1v) is 10.6. The predicted octanol–water partition coefficient (Wildman–Crippen LogP) is 3.81. The van der Waals surface area contributed by atoms with Gasteiger partial charge in [0.1, 0.15) is 12.0 Å². The van der Waals surface area contributed by atoms with E-state index in [1.165, 1.54) is 23.2 Å². The van der Waals surface area contributed by atoms with Crippen LogP contribution in [0.4, 0.5) is 18.9 Å². The van der Waals surface area contributed by atoms with Crippen LogP contribution in [0.15, 0.2) is 60.3 Å². The quantitative estimate of drug-likeness (QED) is 0.163. The van der Waals surface area contributed by atoms with Crippen molar-refractivity contribution in [2.75, 3.05) is 11.9 Å². The molecule has 11 heteroatoms. The number of nitrogens with two attached hydrogens (primary N) is 2. The number of aldehydes is 1. The lowest BCUT2D eigenvalue weighted by Crippen LogP contribution is -2.51. The summed E-state index contributed by atoms with van der Waals surface area (Å²) in [5.74, 6) is 4.09. The molecule has 0 aliphatic carbocycles. The van der Waals surface area contributed by atoms with Crippen LogP contribution in [0.5, 0.6) is 5.75 Å². The molecular weight excluding hydrogens is 463 g/mol. The Hall–Kier alpha value is -3.70. The Morgan fingerprint density at radius 3 is 2.46 bits per heavy atom. The van der Waals surface area contributed by atoms with Crippen LogP contribution in [0.3, 0.4) is 0 Å². The lowest BCUT2D eigenvalue weighted by molar-refractivity contribution is -0.274. The largest absolute Gasteiger partial charge is 0.573 e. The molecule has 8 nitrogen and oxygen atoms in total. The molecule has 0 aromatic heterocycles. The molecule has 35 heavy (non-hydrogen) atoms. The van der Waals surface area contributed by atoms with Gasteiger partial charge in [-0.05, 0) is 23.6 Å². The lowest BCUT2D eigenvalue weighted by atomic mass is 9.83. The van der Waals surface area contributed by atoms with Gasteiger partial charge >= 0.3 is 6.36 Å². The van der Waals surface area contributed by atoms with Crippen molar-refractivity contribution in [3.8, 4) is 5.75 Å². The van der Waals surface area contributed by atoms with Gasteiger partial charge in [-0.15, -0.1) is 13.2 Å². The lowest BCUT2D eigenvalue weighted by Gasteiger charge is -2.35. The van der Waals surface area contributed by atoms with Crippen LogP contribution in [-0.2, 0) is 4.79 Å². The summed E-state index contributed by atoms with van der Waals surface area (Å²) in [5, 5.41) is 11.8. The SMILES string of the molecule is CC(C)CN(N)[C@@H](/C(C=N)=C/N)[C@H](C(=O)Nc1cccc(OC(F)(F)F)c1)c1ccccc1C=O. The fraction of sp³-hybridized carbons (Fsp3) is 0.292. The monoisotopic (exact) mass is 491 g/mol. The van der Waals surface area contributed by atoms with E-state index in [4.69, 9.17) is 17.0 Å². The van der Waals surface area contributed by atoms with Gasteiger partial charge in [-0.2, -0.15) is 0 Å². The third-order valence-electron chi connectivity index (χ3n) is 5.03. The van der Waals surface area contributed by atoms with Crippen LogP contribution in [-0.4, -0.2) is 42.4 Å². The molecule has 0 heterocycles. The number of benzene rings is 2. The zero-order valence-electron chi connectivity index (χ0n) is 19.3. The standard InChI is InChI=1S/C24H28F3N5O3/c1-15(2)13-32(30)22(17(11-28)12-29)21(20-9-4-3-6-16(20)14-33)23(34)31-18-7-5-8-19(10-18)35-24(25,26)27/h3-12,14-15,21-22,28H,13,29-30H2,1-2H3,(H,31,34)/b17-12+,28-11?/t21-,22+/m1/s1. The van der Waals surface area contributed by atoms with Gasteiger partial charge in [0, 0.05) is 41.8 Å². The van der Waals surface area contributed by atoms with Crippen molar-refractivity contribution in [1.82, 2.24) is 5.01 Å². The Morgan fingerprint density at radius 1 is 1.20 bits per heavy atom. The highest BCUT2D eigenvalue weighted by atomic mass is 19.4. The molecule has 6 N–H and O–H groups in total. The van der Waals surface area contributed by atoms with Gasteiger partial charge in [0.25, 0.3) is 0 Å². The zero-order valence-corrected chi connectivity index (χ0v) is 19.3. The molecule has 0 spiro atoms. The number of ether oxygens (including phenoxy) is 1. The normalized spacial score (nSPS) is 13.9. The first kappa shape index (κ1) is 27.5. The summed E-state index contributed by atoms with van der Waals surface area (Å²) in [5.41, 5.74) is 6.52. The Bertz CT molecular complexity index is 1070. The molecule has 2 rings (SSSR count). The number of rotatable bonds is 11. The van der Waals surface area contributed by atoms with Gasteiger partial charge in [0.05, 0.1) is 12.0 Å². The zero-order chi connectivity index (χ0) is 26.2. The number of hydrogen-bond acceptors (Lipinski definition) is 7. The molecule has 0 radical (unpaired) electrons. The predicted molar refractivity (Wildman–Crippen MR) is 127 cm³/mol. The van der Waals surface area contributed by atoms with E-state index in [0.717, 1.165) is 24.5 Å². The second-order valence-electron chi connectivity index (χ2n) is 8.14. The van der Waals surface area contributed by atoms with E-state index in [2.05, 4.69) is 10.1 Å². The number of carbonyl (C=O) groups is 2. The summed E-state index contributed by atoms with van der Waals surface area (Å²) < 4.78 is 41.8. The van der Waals surface area contributed by atoms with Gasteiger partial charge in [-0.1, -0.05) is 44.2 Å². The topological polar surface area (TPSA) is 135 Å². The Labute approximate surface area is 201 Å². The highest BCUT2D eigenvalue weighted by Crippen LogP contribution is 2.32. The van der Waals surface area contributed by atoms with E-state index in [1.807, 2.05) is 13.8 Å². The summed E-state index contributed by atoms with van der Waals surface area (Å²) >= 11 is 0. The minimum atomic E-state index is -4.90. The van der Waals surface area contributed by atoms with Crippen molar-refractivity contribution < 1.29 is 27.5 Å². The van der Waals surface area contributed by atoms with E-state index in [-0.39, 0.29) is 22.7 Å². The van der Waals surface area contributed by atoms with Crippen molar-refractivity contribution in [2.24, 2.45) is 17.5 Å². The van der Waals surface area contributed by atoms with E-state index >= 15 is 0 Å². The summed E-state index contributed by atoms with van der Waals surface area (Å²) in [6.45, 7) is 4.14. The number of nitrogens with zero attached hydrogens (tertiary/aromatic N) is 1. The molecule has 2 aromatic rings. The van der Waals surface area contributed by atoms with Gasteiger partial charge < -0.3 is 21.2 Å². The van der Waals surface area contributed by atoms with Crippen LogP contribution in [0.2, 0.25) is 0 Å². The Morgan fingerprint density at radius 2 is 1.89 bits per heavy atom. The molecule has 188 valence electrons. The minimum Gasteiger partial charge on any atom is -0.406 e. The highest BCUT2D eigenvalue weighted by molar-refractivity contribution is 5.99. The van der Waals surface area contributed by atoms with E-state index in [1.54, 1.807) is 18.2 Å². The number of nitrogens with one attached hydrogen (secondary N) is 2. The Kier molecular flexibility index (Phi) is 9.55. The number of amides is 1. The molecule has 0 aliphatic rings. The van der Waals surface area contributed by atoms with Gasteiger partial charge in [0.15, 0.2) is 0 Å². The Balaban J connectivity index is 2.59. The fourth-order valence-corrected chi connectivity index (χ4v) is 3.69.